The van der Waals surface area contributed by atoms with Crippen LogP contribution in [0.3, 0.4) is 0 Å². The van der Waals surface area contributed by atoms with Crippen molar-refractivity contribution in [2.45, 2.75) is 25.3 Å². The minimum atomic E-state index is 0.352. The molecule has 23 heavy (non-hydrogen) atoms. The third-order valence-corrected chi connectivity index (χ3v) is 5.25. The molecule has 1 aromatic rings. The zero-order valence-corrected chi connectivity index (χ0v) is 13.8. The van der Waals surface area contributed by atoms with Crippen LogP contribution in [0.4, 0.5) is 0 Å². The molecule has 0 radical (unpaired) electrons. The maximum absolute atomic E-state index is 5.60. The maximum atomic E-state index is 5.60. The first-order valence-corrected chi connectivity index (χ1v) is 8.97. The van der Waals surface area contributed by atoms with E-state index in [4.69, 9.17) is 9.47 Å². The molecule has 0 saturated carbocycles. The Bertz CT molecular complexity index is 525. The van der Waals surface area contributed by atoms with Crippen LogP contribution in [-0.2, 0) is 0 Å². The Morgan fingerprint density at radius 2 is 1.74 bits per heavy atom. The molecule has 5 heteroatoms. The number of ether oxygens (including phenoxy) is 2. The molecule has 2 saturated heterocycles. The Kier molecular flexibility index (Phi) is 4.69. The van der Waals surface area contributed by atoms with E-state index in [1.54, 1.807) is 0 Å². The van der Waals surface area contributed by atoms with E-state index < -0.39 is 0 Å². The van der Waals surface area contributed by atoms with Gasteiger partial charge < -0.3 is 14.8 Å². The van der Waals surface area contributed by atoms with Gasteiger partial charge in [0, 0.05) is 38.8 Å². The number of benzene rings is 1. The van der Waals surface area contributed by atoms with Gasteiger partial charge in [0.2, 0.25) is 6.79 Å². The van der Waals surface area contributed by atoms with Crippen LogP contribution in [0.1, 0.15) is 30.9 Å². The van der Waals surface area contributed by atoms with Crippen molar-refractivity contribution in [3.63, 3.8) is 0 Å². The number of nitrogens with zero attached hydrogens (tertiary/aromatic N) is 2. The van der Waals surface area contributed by atoms with Gasteiger partial charge >= 0.3 is 0 Å². The smallest absolute Gasteiger partial charge is 0.231 e. The van der Waals surface area contributed by atoms with Crippen molar-refractivity contribution >= 4 is 0 Å². The molecule has 1 aromatic carbocycles. The molecule has 3 aliphatic heterocycles. The first kappa shape index (κ1) is 15.2. The summed E-state index contributed by atoms with van der Waals surface area (Å²) in [5.74, 6) is 1.79. The minimum absolute atomic E-state index is 0.352. The quantitative estimate of drug-likeness (QED) is 0.917. The predicted molar refractivity (Wildman–Crippen MR) is 90.0 cm³/mol. The molecule has 126 valence electrons. The summed E-state index contributed by atoms with van der Waals surface area (Å²) in [5.41, 5.74) is 1.37. The predicted octanol–water partition coefficient (Wildman–Crippen LogP) is 1.85. The van der Waals surface area contributed by atoms with Gasteiger partial charge in [-0.25, -0.2) is 0 Å². The summed E-state index contributed by atoms with van der Waals surface area (Å²) < 4.78 is 11.1. The maximum Gasteiger partial charge on any atom is 0.231 e. The van der Waals surface area contributed by atoms with Crippen molar-refractivity contribution < 1.29 is 9.47 Å². The van der Waals surface area contributed by atoms with Gasteiger partial charge in [0.25, 0.3) is 0 Å². The monoisotopic (exact) mass is 317 g/mol. The van der Waals surface area contributed by atoms with Crippen LogP contribution < -0.4 is 14.8 Å². The second-order valence-electron chi connectivity index (χ2n) is 6.78. The summed E-state index contributed by atoms with van der Waals surface area (Å²) in [5, 5.41) is 3.45. The molecule has 1 atom stereocenters. The molecule has 0 spiro atoms. The number of hydrogen-bond donors (Lipinski definition) is 1. The highest BCUT2D eigenvalue weighted by molar-refractivity contribution is 5.45. The molecule has 0 bridgehead atoms. The van der Waals surface area contributed by atoms with E-state index >= 15 is 0 Å². The molecule has 1 unspecified atom stereocenters. The van der Waals surface area contributed by atoms with E-state index in [2.05, 4.69) is 33.3 Å². The number of fused-ring (bicyclic) bond motifs is 1. The fourth-order valence-corrected chi connectivity index (χ4v) is 3.92. The highest BCUT2D eigenvalue weighted by atomic mass is 16.7. The van der Waals surface area contributed by atoms with Crippen molar-refractivity contribution in [2.24, 2.45) is 0 Å². The highest BCUT2D eigenvalue weighted by Gasteiger charge is 2.27. The average Bonchev–Trinajstić information content (AvgIpc) is 3.09. The largest absolute Gasteiger partial charge is 0.454 e. The summed E-state index contributed by atoms with van der Waals surface area (Å²) in [6, 6.07) is 6.97. The molecule has 5 nitrogen and oxygen atoms in total. The van der Waals surface area contributed by atoms with Crippen LogP contribution >= 0.6 is 0 Å². The van der Waals surface area contributed by atoms with Gasteiger partial charge in [0.1, 0.15) is 0 Å². The molecule has 1 N–H and O–H groups in total. The van der Waals surface area contributed by atoms with Crippen LogP contribution in [0.5, 0.6) is 11.5 Å². The molecule has 3 aliphatic rings. The Labute approximate surface area is 138 Å². The SMILES string of the molecule is c1cc2c(cc1C(CN1CCNCC1)N1CCCCC1)OCO2. The fourth-order valence-electron chi connectivity index (χ4n) is 3.92. The lowest BCUT2D eigenvalue weighted by Crippen LogP contribution is -2.48. The van der Waals surface area contributed by atoms with E-state index in [1.165, 1.54) is 37.9 Å². The van der Waals surface area contributed by atoms with E-state index in [-0.39, 0.29) is 0 Å². The summed E-state index contributed by atoms with van der Waals surface area (Å²) >= 11 is 0. The van der Waals surface area contributed by atoms with Gasteiger partial charge in [0.15, 0.2) is 11.5 Å². The summed E-state index contributed by atoms with van der Waals surface area (Å²) in [6.07, 6.45) is 4.02. The Morgan fingerprint density at radius 3 is 2.57 bits per heavy atom. The van der Waals surface area contributed by atoms with Crippen LogP contribution in [0.15, 0.2) is 18.2 Å². The topological polar surface area (TPSA) is 37.0 Å². The second-order valence-corrected chi connectivity index (χ2v) is 6.78. The summed E-state index contributed by atoms with van der Waals surface area (Å²) in [6.45, 7) is 8.40. The van der Waals surface area contributed by atoms with Crippen LogP contribution in [0.2, 0.25) is 0 Å². The van der Waals surface area contributed by atoms with Gasteiger partial charge in [-0.1, -0.05) is 12.5 Å². The molecular weight excluding hydrogens is 290 g/mol. The van der Waals surface area contributed by atoms with E-state index in [9.17, 15) is 0 Å². The lowest BCUT2D eigenvalue weighted by atomic mass is 10.00. The van der Waals surface area contributed by atoms with Gasteiger partial charge in [-0.3, -0.25) is 9.80 Å². The number of hydrogen-bond acceptors (Lipinski definition) is 5. The van der Waals surface area contributed by atoms with E-state index in [1.807, 2.05) is 0 Å². The number of piperidine rings is 1. The van der Waals surface area contributed by atoms with E-state index in [0.717, 1.165) is 44.2 Å². The average molecular weight is 317 g/mol. The molecule has 3 heterocycles. The standard InChI is InChI=1S/C18H27N3O2/c1-2-8-21(9-3-1)16(13-20-10-6-19-7-11-20)15-4-5-17-18(12-15)23-14-22-17/h4-5,12,16,19H,1-3,6-11,13-14H2. The van der Waals surface area contributed by atoms with Crippen molar-refractivity contribution in [3.8, 4) is 11.5 Å². The van der Waals surface area contributed by atoms with Crippen molar-refractivity contribution in [3.05, 3.63) is 23.8 Å². The third kappa shape index (κ3) is 3.47. The number of nitrogens with one attached hydrogen (secondary N) is 1. The third-order valence-electron chi connectivity index (χ3n) is 5.25. The van der Waals surface area contributed by atoms with Gasteiger partial charge in [-0.15, -0.1) is 0 Å². The molecule has 2 fully saturated rings. The van der Waals surface area contributed by atoms with Crippen LogP contribution in [-0.4, -0.2) is 62.4 Å². The molecule has 0 amide bonds. The second kappa shape index (κ2) is 7.07. The highest BCUT2D eigenvalue weighted by Crippen LogP contribution is 2.36. The minimum Gasteiger partial charge on any atom is -0.454 e. The first-order chi connectivity index (χ1) is 11.4. The van der Waals surface area contributed by atoms with Crippen molar-refractivity contribution in [2.75, 3.05) is 52.6 Å². The normalized spacial score (nSPS) is 23.8. The van der Waals surface area contributed by atoms with E-state index in [0.29, 0.717) is 12.8 Å². The van der Waals surface area contributed by atoms with Crippen LogP contribution in [0.25, 0.3) is 0 Å². The van der Waals surface area contributed by atoms with Crippen LogP contribution in [0, 0.1) is 0 Å². The zero-order chi connectivity index (χ0) is 15.5. The Balaban J connectivity index is 1.55. The number of piperazine rings is 1. The first-order valence-electron chi connectivity index (χ1n) is 8.97. The van der Waals surface area contributed by atoms with Gasteiger partial charge in [-0.2, -0.15) is 0 Å². The summed E-state index contributed by atoms with van der Waals surface area (Å²) in [7, 11) is 0. The number of rotatable bonds is 4. The Hall–Kier alpha value is -1.30. The van der Waals surface area contributed by atoms with Gasteiger partial charge in [0.05, 0.1) is 0 Å². The molecule has 0 aromatic heterocycles. The number of likely N-dealkylation sites (tertiary alicyclic amines) is 1. The fraction of sp³-hybridized carbons (Fsp3) is 0.667. The summed E-state index contributed by atoms with van der Waals surface area (Å²) in [4.78, 5) is 5.27. The lowest BCUT2D eigenvalue weighted by Gasteiger charge is -2.39. The molecule has 0 aliphatic carbocycles. The van der Waals surface area contributed by atoms with Gasteiger partial charge in [-0.05, 0) is 43.6 Å². The molecule has 4 rings (SSSR count). The van der Waals surface area contributed by atoms with Crippen molar-refractivity contribution in [1.29, 1.82) is 0 Å². The van der Waals surface area contributed by atoms with Crippen molar-refractivity contribution in [1.82, 2.24) is 15.1 Å². The molecular formula is C18H27N3O2. The lowest BCUT2D eigenvalue weighted by molar-refractivity contribution is 0.111. The Morgan fingerprint density at radius 1 is 0.957 bits per heavy atom. The zero-order valence-electron chi connectivity index (χ0n) is 13.8.